The quantitative estimate of drug-likeness (QED) is 0.665. The summed E-state index contributed by atoms with van der Waals surface area (Å²) in [7, 11) is 4.38. The van der Waals surface area contributed by atoms with Crippen molar-refractivity contribution in [3.8, 4) is 0 Å². The van der Waals surface area contributed by atoms with Gasteiger partial charge in [0.05, 0.1) is 0 Å². The van der Waals surface area contributed by atoms with Gasteiger partial charge < -0.3 is 10.2 Å². The molecule has 0 aliphatic heterocycles. The maximum Gasteiger partial charge on any atom is 0.0300 e. The van der Waals surface area contributed by atoms with Gasteiger partial charge in [-0.25, -0.2) is 0 Å². The van der Waals surface area contributed by atoms with Crippen molar-refractivity contribution in [2.75, 3.05) is 20.6 Å². The molecule has 17 heavy (non-hydrogen) atoms. The molecular weight excluding hydrogens is 208 g/mol. The topological polar surface area (TPSA) is 15.3 Å². The third-order valence-corrected chi connectivity index (χ3v) is 4.37. The lowest BCUT2D eigenvalue weighted by Crippen LogP contribution is -2.55. The first-order valence-corrected chi connectivity index (χ1v) is 7.30. The first kappa shape index (κ1) is 16.9. The summed E-state index contributed by atoms with van der Waals surface area (Å²) >= 11 is 0. The average Bonchev–Trinajstić information content (AvgIpc) is 2.29. The van der Waals surface area contributed by atoms with Crippen molar-refractivity contribution in [3.63, 3.8) is 0 Å². The summed E-state index contributed by atoms with van der Waals surface area (Å²) in [5, 5.41) is 3.75. The minimum absolute atomic E-state index is 0.220. The van der Waals surface area contributed by atoms with Crippen LogP contribution in [-0.4, -0.2) is 37.1 Å². The van der Waals surface area contributed by atoms with E-state index in [-0.39, 0.29) is 5.54 Å². The molecule has 0 radical (unpaired) electrons. The van der Waals surface area contributed by atoms with E-state index >= 15 is 0 Å². The minimum atomic E-state index is 0.220. The molecule has 2 nitrogen and oxygen atoms in total. The van der Waals surface area contributed by atoms with Gasteiger partial charge in [-0.05, 0) is 53.2 Å². The number of nitrogens with zero attached hydrogens (tertiary/aromatic N) is 1. The molecule has 0 bridgehead atoms. The molecule has 1 N–H and O–H groups in total. The summed E-state index contributed by atoms with van der Waals surface area (Å²) in [4.78, 5) is 2.35. The summed E-state index contributed by atoms with van der Waals surface area (Å²) in [6.45, 7) is 12.7. The SMILES string of the molecule is CCCNC(CC(CC)CC)C(C)(C)N(C)C. The van der Waals surface area contributed by atoms with E-state index in [0.29, 0.717) is 6.04 Å². The summed E-state index contributed by atoms with van der Waals surface area (Å²) in [5.41, 5.74) is 0.220. The fourth-order valence-electron chi connectivity index (χ4n) is 2.21. The first-order chi connectivity index (χ1) is 7.89. The lowest BCUT2D eigenvalue weighted by atomic mass is 9.84. The highest BCUT2D eigenvalue weighted by atomic mass is 15.2. The van der Waals surface area contributed by atoms with Crippen LogP contribution in [0.4, 0.5) is 0 Å². The van der Waals surface area contributed by atoms with Crippen LogP contribution in [0.2, 0.25) is 0 Å². The van der Waals surface area contributed by atoms with E-state index in [1.54, 1.807) is 0 Å². The normalized spacial score (nSPS) is 14.6. The smallest absolute Gasteiger partial charge is 0.0300 e. The van der Waals surface area contributed by atoms with Crippen LogP contribution in [-0.2, 0) is 0 Å². The zero-order valence-corrected chi connectivity index (χ0v) is 13.1. The maximum absolute atomic E-state index is 3.75. The van der Waals surface area contributed by atoms with Crippen LogP contribution in [0.25, 0.3) is 0 Å². The Morgan fingerprint density at radius 1 is 1.06 bits per heavy atom. The number of nitrogens with one attached hydrogen (secondary N) is 1. The molecule has 0 aromatic carbocycles. The number of hydrogen-bond acceptors (Lipinski definition) is 2. The van der Waals surface area contributed by atoms with Gasteiger partial charge in [-0.1, -0.05) is 33.6 Å². The zero-order valence-electron chi connectivity index (χ0n) is 13.1. The summed E-state index contributed by atoms with van der Waals surface area (Å²) in [6.07, 6.45) is 5.09. The molecule has 0 heterocycles. The molecule has 0 aliphatic carbocycles. The Balaban J connectivity index is 4.62. The molecule has 1 unspecified atom stereocenters. The Hall–Kier alpha value is -0.0800. The van der Waals surface area contributed by atoms with E-state index in [2.05, 4.69) is 58.9 Å². The predicted octanol–water partition coefficient (Wildman–Crippen LogP) is 3.52. The molecule has 0 amide bonds. The highest BCUT2D eigenvalue weighted by Gasteiger charge is 2.32. The van der Waals surface area contributed by atoms with Crippen molar-refractivity contribution in [2.24, 2.45) is 5.92 Å². The minimum Gasteiger partial charge on any atom is -0.312 e. The lowest BCUT2D eigenvalue weighted by molar-refractivity contribution is 0.120. The third kappa shape index (κ3) is 5.39. The van der Waals surface area contributed by atoms with Gasteiger partial charge in [-0.15, -0.1) is 0 Å². The summed E-state index contributed by atoms with van der Waals surface area (Å²) < 4.78 is 0. The van der Waals surface area contributed by atoms with Crippen LogP contribution < -0.4 is 5.32 Å². The van der Waals surface area contributed by atoms with Gasteiger partial charge in [0.1, 0.15) is 0 Å². The van der Waals surface area contributed by atoms with Crippen LogP contribution in [0.3, 0.4) is 0 Å². The Kier molecular flexibility index (Phi) is 8.06. The van der Waals surface area contributed by atoms with E-state index in [9.17, 15) is 0 Å². The zero-order chi connectivity index (χ0) is 13.5. The molecule has 0 saturated heterocycles. The maximum atomic E-state index is 3.75. The van der Waals surface area contributed by atoms with Gasteiger partial charge in [-0.2, -0.15) is 0 Å². The molecule has 0 aromatic heterocycles. The second kappa shape index (κ2) is 8.10. The Bertz CT molecular complexity index is 183. The van der Waals surface area contributed by atoms with Gasteiger partial charge in [0, 0.05) is 11.6 Å². The molecule has 0 saturated carbocycles. The number of rotatable bonds is 9. The summed E-state index contributed by atoms with van der Waals surface area (Å²) in [6, 6.07) is 0.586. The molecule has 1 atom stereocenters. The molecular formula is C15H34N2. The summed E-state index contributed by atoms with van der Waals surface area (Å²) in [5.74, 6) is 0.851. The van der Waals surface area contributed by atoms with E-state index in [4.69, 9.17) is 0 Å². The standard InChI is InChI=1S/C15H34N2/c1-8-11-16-14(12-13(9-2)10-3)15(4,5)17(6)7/h13-14,16H,8-12H2,1-7H3. The lowest BCUT2D eigenvalue weighted by Gasteiger charge is -2.42. The molecule has 104 valence electrons. The van der Waals surface area contributed by atoms with E-state index < -0.39 is 0 Å². The third-order valence-electron chi connectivity index (χ3n) is 4.37. The first-order valence-electron chi connectivity index (χ1n) is 7.30. The Morgan fingerprint density at radius 2 is 1.59 bits per heavy atom. The monoisotopic (exact) mass is 242 g/mol. The van der Waals surface area contributed by atoms with Crippen molar-refractivity contribution >= 4 is 0 Å². The second-order valence-electron chi connectivity index (χ2n) is 5.97. The molecule has 2 heteroatoms. The van der Waals surface area contributed by atoms with Crippen molar-refractivity contribution in [3.05, 3.63) is 0 Å². The fourth-order valence-corrected chi connectivity index (χ4v) is 2.21. The van der Waals surface area contributed by atoms with Crippen molar-refractivity contribution in [1.82, 2.24) is 10.2 Å². The average molecular weight is 242 g/mol. The highest BCUT2D eigenvalue weighted by molar-refractivity contribution is 4.92. The van der Waals surface area contributed by atoms with Gasteiger partial charge in [0.2, 0.25) is 0 Å². The van der Waals surface area contributed by atoms with Gasteiger partial charge >= 0.3 is 0 Å². The fraction of sp³-hybridized carbons (Fsp3) is 1.00. The van der Waals surface area contributed by atoms with Gasteiger partial charge in [0.15, 0.2) is 0 Å². The van der Waals surface area contributed by atoms with E-state index in [1.165, 1.54) is 25.7 Å². The molecule has 0 fully saturated rings. The second-order valence-corrected chi connectivity index (χ2v) is 5.97. The van der Waals surface area contributed by atoms with Crippen LogP contribution >= 0.6 is 0 Å². The molecule has 0 aliphatic rings. The van der Waals surface area contributed by atoms with E-state index in [1.807, 2.05) is 0 Å². The van der Waals surface area contributed by atoms with Crippen LogP contribution in [0.15, 0.2) is 0 Å². The van der Waals surface area contributed by atoms with Crippen molar-refractivity contribution < 1.29 is 0 Å². The molecule has 0 spiro atoms. The predicted molar refractivity (Wildman–Crippen MR) is 78.5 cm³/mol. The van der Waals surface area contributed by atoms with Crippen molar-refractivity contribution in [2.45, 2.75) is 71.9 Å². The largest absolute Gasteiger partial charge is 0.312 e. The number of likely N-dealkylation sites (N-methyl/N-ethyl adjacent to an activating group) is 1. The molecule has 0 aromatic rings. The van der Waals surface area contributed by atoms with Crippen LogP contribution in [0.1, 0.15) is 60.3 Å². The Labute approximate surface area is 109 Å². The van der Waals surface area contributed by atoms with Crippen molar-refractivity contribution in [1.29, 1.82) is 0 Å². The molecule has 0 rings (SSSR count). The van der Waals surface area contributed by atoms with Gasteiger partial charge in [0.25, 0.3) is 0 Å². The van der Waals surface area contributed by atoms with E-state index in [0.717, 1.165) is 12.5 Å². The Morgan fingerprint density at radius 3 is 1.94 bits per heavy atom. The van der Waals surface area contributed by atoms with Crippen LogP contribution in [0.5, 0.6) is 0 Å². The van der Waals surface area contributed by atoms with Crippen LogP contribution in [0, 0.1) is 5.92 Å². The highest BCUT2D eigenvalue weighted by Crippen LogP contribution is 2.24. The van der Waals surface area contributed by atoms with Gasteiger partial charge in [-0.3, -0.25) is 0 Å². The number of hydrogen-bond donors (Lipinski definition) is 1.